The third kappa shape index (κ3) is 1.87. The molecule has 2 rings (SSSR count). The van der Waals surface area contributed by atoms with Crippen molar-refractivity contribution >= 4 is 29.2 Å². The summed E-state index contributed by atoms with van der Waals surface area (Å²) in [6, 6.07) is 6.32. The number of carbonyl (C=O) groups excluding carboxylic acids is 2. The highest BCUT2D eigenvalue weighted by atomic mass is 35.5. The van der Waals surface area contributed by atoms with Crippen LogP contribution < -0.4 is 10.7 Å². The molecule has 0 radical (unpaired) electrons. The van der Waals surface area contributed by atoms with Gasteiger partial charge in [0, 0.05) is 23.7 Å². The highest BCUT2D eigenvalue weighted by Crippen LogP contribution is 2.22. The number of urea groups is 1. The zero-order valence-electron chi connectivity index (χ0n) is 8.39. The van der Waals surface area contributed by atoms with Crippen molar-refractivity contribution in [3.63, 3.8) is 0 Å². The summed E-state index contributed by atoms with van der Waals surface area (Å²) >= 11 is 5.83. The van der Waals surface area contributed by atoms with Gasteiger partial charge in [-0.3, -0.25) is 9.69 Å². The fourth-order valence-corrected chi connectivity index (χ4v) is 1.73. The predicted octanol–water partition coefficient (Wildman–Crippen LogP) is 1.37. The molecular formula is C10H10ClN3O2. The number of hydrogen-bond donors (Lipinski definition) is 1. The van der Waals surface area contributed by atoms with Gasteiger partial charge in [-0.25, -0.2) is 10.6 Å². The Labute approximate surface area is 97.3 Å². The van der Waals surface area contributed by atoms with E-state index in [9.17, 15) is 9.59 Å². The highest BCUT2D eigenvalue weighted by molar-refractivity contribution is 6.31. The lowest BCUT2D eigenvalue weighted by molar-refractivity contribution is -0.129. The Kier molecular flexibility index (Phi) is 2.80. The maximum Gasteiger partial charge on any atom is 0.345 e. The second kappa shape index (κ2) is 4.11. The summed E-state index contributed by atoms with van der Waals surface area (Å²) in [5.74, 6) is 4.98. The van der Waals surface area contributed by atoms with Crippen LogP contribution in [0.25, 0.3) is 0 Å². The van der Waals surface area contributed by atoms with Gasteiger partial charge in [0.15, 0.2) is 0 Å². The molecule has 0 atom stereocenters. The van der Waals surface area contributed by atoms with E-state index in [1.165, 1.54) is 4.90 Å². The molecule has 0 saturated carbocycles. The van der Waals surface area contributed by atoms with Crippen LogP contribution in [-0.2, 0) is 4.79 Å². The minimum Gasteiger partial charge on any atom is -0.292 e. The number of carbonyl (C=O) groups is 2. The van der Waals surface area contributed by atoms with Gasteiger partial charge >= 0.3 is 6.03 Å². The van der Waals surface area contributed by atoms with Crippen molar-refractivity contribution in [1.82, 2.24) is 5.01 Å². The standard InChI is InChI=1S/C10H10ClN3O2/c11-7-2-1-3-8(6-7)13-5-4-9(15)14(12)10(13)16/h1-3,6H,4-5,12H2. The van der Waals surface area contributed by atoms with Crippen molar-refractivity contribution in [2.75, 3.05) is 11.4 Å². The molecule has 1 heterocycles. The second-order valence-corrected chi connectivity index (χ2v) is 3.86. The fraction of sp³-hybridized carbons (Fsp3) is 0.200. The number of imide groups is 1. The lowest BCUT2D eigenvalue weighted by Gasteiger charge is -2.31. The first-order valence-electron chi connectivity index (χ1n) is 4.74. The molecule has 6 heteroatoms. The summed E-state index contributed by atoms with van der Waals surface area (Å²) in [5, 5.41) is 1.16. The van der Waals surface area contributed by atoms with Gasteiger partial charge in [-0.15, -0.1) is 0 Å². The molecule has 1 aliphatic rings. The molecule has 0 unspecified atom stereocenters. The normalized spacial score (nSPS) is 16.9. The number of hydrazine groups is 1. The molecule has 16 heavy (non-hydrogen) atoms. The second-order valence-electron chi connectivity index (χ2n) is 3.43. The smallest absolute Gasteiger partial charge is 0.292 e. The Morgan fingerprint density at radius 1 is 1.31 bits per heavy atom. The molecule has 0 aliphatic carbocycles. The lowest BCUT2D eigenvalue weighted by atomic mass is 10.2. The first kappa shape index (κ1) is 10.9. The molecule has 2 N–H and O–H groups in total. The summed E-state index contributed by atoms with van der Waals surface area (Å²) in [6.45, 7) is 0.325. The van der Waals surface area contributed by atoms with Crippen molar-refractivity contribution in [2.24, 2.45) is 5.84 Å². The molecule has 1 aliphatic heterocycles. The Bertz CT molecular complexity index is 449. The van der Waals surface area contributed by atoms with E-state index in [1.807, 2.05) is 0 Å². The number of hydrogen-bond acceptors (Lipinski definition) is 3. The number of rotatable bonds is 1. The van der Waals surface area contributed by atoms with Gasteiger partial charge in [0.05, 0.1) is 0 Å². The van der Waals surface area contributed by atoms with Crippen molar-refractivity contribution in [1.29, 1.82) is 0 Å². The predicted molar refractivity (Wildman–Crippen MR) is 59.8 cm³/mol. The van der Waals surface area contributed by atoms with Crippen LogP contribution in [0.3, 0.4) is 0 Å². The van der Waals surface area contributed by atoms with Crippen molar-refractivity contribution in [3.8, 4) is 0 Å². The summed E-state index contributed by atoms with van der Waals surface area (Å²) in [4.78, 5) is 24.3. The first-order valence-corrected chi connectivity index (χ1v) is 5.12. The fourth-order valence-electron chi connectivity index (χ4n) is 1.54. The molecule has 3 amide bonds. The average molecular weight is 240 g/mol. The Morgan fingerprint density at radius 3 is 2.75 bits per heavy atom. The number of anilines is 1. The Morgan fingerprint density at radius 2 is 2.06 bits per heavy atom. The van der Waals surface area contributed by atoms with Crippen molar-refractivity contribution in [2.45, 2.75) is 6.42 Å². The van der Waals surface area contributed by atoms with Gasteiger partial charge in [0.25, 0.3) is 0 Å². The van der Waals surface area contributed by atoms with Crippen molar-refractivity contribution < 1.29 is 9.59 Å². The van der Waals surface area contributed by atoms with Crippen molar-refractivity contribution in [3.05, 3.63) is 29.3 Å². The van der Waals surface area contributed by atoms with E-state index in [1.54, 1.807) is 24.3 Å². The molecule has 1 aromatic rings. The molecule has 1 saturated heterocycles. The SMILES string of the molecule is NN1C(=O)CCN(c2cccc(Cl)c2)C1=O. The molecule has 0 bridgehead atoms. The van der Waals surface area contributed by atoms with E-state index >= 15 is 0 Å². The Hall–Kier alpha value is -1.59. The summed E-state index contributed by atoms with van der Waals surface area (Å²) in [5.41, 5.74) is 0.639. The molecule has 0 spiro atoms. The highest BCUT2D eigenvalue weighted by Gasteiger charge is 2.30. The Balaban J connectivity index is 2.28. The lowest BCUT2D eigenvalue weighted by Crippen LogP contribution is -2.55. The largest absolute Gasteiger partial charge is 0.345 e. The van der Waals surface area contributed by atoms with E-state index in [2.05, 4.69) is 0 Å². The van der Waals surface area contributed by atoms with Crippen LogP contribution in [0.4, 0.5) is 10.5 Å². The van der Waals surface area contributed by atoms with Crippen LogP contribution in [0, 0.1) is 0 Å². The van der Waals surface area contributed by atoms with Gasteiger partial charge in [0.1, 0.15) is 0 Å². The third-order valence-corrected chi connectivity index (χ3v) is 2.61. The average Bonchev–Trinajstić information content (AvgIpc) is 2.26. The van der Waals surface area contributed by atoms with Gasteiger partial charge in [-0.2, -0.15) is 5.01 Å². The van der Waals surface area contributed by atoms with Gasteiger partial charge < -0.3 is 0 Å². The molecule has 1 aromatic carbocycles. The van der Waals surface area contributed by atoms with Gasteiger partial charge in [-0.05, 0) is 18.2 Å². The zero-order valence-corrected chi connectivity index (χ0v) is 9.15. The van der Waals surface area contributed by atoms with Crippen LogP contribution in [0.5, 0.6) is 0 Å². The first-order chi connectivity index (χ1) is 7.59. The van der Waals surface area contributed by atoms with E-state index in [4.69, 9.17) is 17.4 Å². The maximum absolute atomic E-state index is 11.7. The molecule has 0 aromatic heterocycles. The number of nitrogens with two attached hydrogens (primary N) is 1. The summed E-state index contributed by atoms with van der Waals surface area (Å²) < 4.78 is 0. The van der Waals surface area contributed by atoms with Gasteiger partial charge in [0.2, 0.25) is 5.91 Å². The number of benzene rings is 1. The topological polar surface area (TPSA) is 66.6 Å². The van der Waals surface area contributed by atoms with Crippen LogP contribution in [-0.4, -0.2) is 23.5 Å². The number of amides is 3. The minimum absolute atomic E-state index is 0.217. The minimum atomic E-state index is -0.529. The number of nitrogens with zero attached hydrogens (tertiary/aromatic N) is 2. The van der Waals surface area contributed by atoms with Crippen LogP contribution in [0.1, 0.15) is 6.42 Å². The van der Waals surface area contributed by atoms with E-state index in [0.29, 0.717) is 22.3 Å². The summed E-state index contributed by atoms with van der Waals surface area (Å²) in [6.07, 6.45) is 0.217. The maximum atomic E-state index is 11.7. The monoisotopic (exact) mass is 239 g/mol. The van der Waals surface area contributed by atoms with Gasteiger partial charge in [-0.1, -0.05) is 17.7 Å². The molecule has 84 valence electrons. The van der Waals surface area contributed by atoms with E-state index in [-0.39, 0.29) is 12.3 Å². The summed E-state index contributed by atoms with van der Waals surface area (Å²) in [7, 11) is 0. The van der Waals surface area contributed by atoms with E-state index < -0.39 is 6.03 Å². The zero-order chi connectivity index (χ0) is 11.7. The third-order valence-electron chi connectivity index (χ3n) is 2.37. The van der Waals surface area contributed by atoms with Crippen LogP contribution in [0.2, 0.25) is 5.02 Å². The molecular weight excluding hydrogens is 230 g/mol. The molecule has 1 fully saturated rings. The molecule has 5 nitrogen and oxygen atoms in total. The van der Waals surface area contributed by atoms with Crippen LogP contribution >= 0.6 is 11.6 Å². The van der Waals surface area contributed by atoms with Crippen LogP contribution in [0.15, 0.2) is 24.3 Å². The number of halogens is 1. The van der Waals surface area contributed by atoms with E-state index in [0.717, 1.165) is 0 Å². The quantitative estimate of drug-likeness (QED) is 0.595.